The maximum Gasteiger partial charge on any atom is 0.326 e. The number of hydrogen-bond donors (Lipinski definition) is 2. The summed E-state index contributed by atoms with van der Waals surface area (Å²) in [5, 5.41) is 0. The average Bonchev–Trinajstić information content (AvgIpc) is 2.67. The highest BCUT2D eigenvalue weighted by Crippen LogP contribution is 2.09. The molecule has 4 N–H and O–H groups in total. The minimum absolute atomic E-state index is 0.137. The van der Waals surface area contributed by atoms with Crippen LogP contribution in [0.15, 0.2) is 30.3 Å². The number of cyclic esters (lactones) is 1. The van der Waals surface area contributed by atoms with Crippen LogP contribution in [0.3, 0.4) is 0 Å². The zero-order valence-electron chi connectivity index (χ0n) is 14.8. The number of rotatable bonds is 8. The molecule has 0 spiro atoms. The predicted octanol–water partition coefficient (Wildman–Crippen LogP) is -0.533. The summed E-state index contributed by atoms with van der Waals surface area (Å²) in [6.45, 7) is -0.759. The molecule has 146 valence electrons. The van der Waals surface area contributed by atoms with Crippen LogP contribution >= 0.6 is 0 Å². The lowest BCUT2D eigenvalue weighted by Gasteiger charge is -2.26. The molecule has 1 heterocycles. The molecule has 0 saturated carbocycles. The minimum Gasteiger partial charge on any atom is -0.460 e. The Labute approximate surface area is 156 Å². The quantitative estimate of drug-likeness (QED) is 0.576. The Kier molecular flexibility index (Phi) is 7.44. The molecule has 1 aromatic carbocycles. The molecule has 0 bridgehead atoms. The number of nitrogens with zero attached hydrogens (tertiary/aromatic N) is 1. The standard InChI is InChI=1S/C18H23N3O6/c19-13(17(24)21-9-16(23)26-11-15(21)22)7-4-8-14(20)18(25)27-10-12-5-2-1-3-6-12/h1-3,5-6,13-14H,4,7-11,19-20H2/t13-,14?/m0/s1. The van der Waals surface area contributed by atoms with Crippen LogP contribution in [0.1, 0.15) is 24.8 Å². The highest BCUT2D eigenvalue weighted by atomic mass is 16.5. The van der Waals surface area contributed by atoms with Crippen LogP contribution in [0, 0.1) is 0 Å². The second-order valence-corrected chi connectivity index (χ2v) is 6.22. The van der Waals surface area contributed by atoms with Crippen LogP contribution in [0.25, 0.3) is 0 Å². The molecule has 0 aromatic heterocycles. The maximum atomic E-state index is 12.2. The Bertz CT molecular complexity index is 694. The molecule has 2 amide bonds. The molecular formula is C18H23N3O6. The molecule has 0 radical (unpaired) electrons. The Morgan fingerprint density at radius 2 is 1.78 bits per heavy atom. The lowest BCUT2D eigenvalue weighted by atomic mass is 10.1. The minimum atomic E-state index is -0.965. The molecule has 9 heteroatoms. The fourth-order valence-corrected chi connectivity index (χ4v) is 2.52. The number of carbonyl (C=O) groups is 4. The number of esters is 2. The molecular weight excluding hydrogens is 354 g/mol. The van der Waals surface area contributed by atoms with Crippen molar-refractivity contribution < 1.29 is 28.7 Å². The molecule has 2 atom stereocenters. The normalized spacial score (nSPS) is 16.4. The molecule has 27 heavy (non-hydrogen) atoms. The van der Waals surface area contributed by atoms with Crippen molar-refractivity contribution in [2.24, 2.45) is 11.5 Å². The van der Waals surface area contributed by atoms with E-state index in [1.807, 2.05) is 30.3 Å². The number of benzene rings is 1. The van der Waals surface area contributed by atoms with Gasteiger partial charge < -0.3 is 20.9 Å². The van der Waals surface area contributed by atoms with Crippen molar-refractivity contribution in [2.45, 2.75) is 38.0 Å². The van der Waals surface area contributed by atoms with Gasteiger partial charge in [0.2, 0.25) is 5.91 Å². The second kappa shape index (κ2) is 9.79. The number of amides is 2. The van der Waals surface area contributed by atoms with E-state index in [0.29, 0.717) is 6.42 Å². The van der Waals surface area contributed by atoms with Gasteiger partial charge in [0, 0.05) is 0 Å². The Balaban J connectivity index is 1.71. The van der Waals surface area contributed by atoms with Crippen LogP contribution < -0.4 is 11.5 Å². The number of carbonyl (C=O) groups excluding carboxylic acids is 4. The van der Waals surface area contributed by atoms with Gasteiger partial charge in [-0.3, -0.25) is 24.1 Å². The van der Waals surface area contributed by atoms with E-state index in [-0.39, 0.29) is 19.4 Å². The highest BCUT2D eigenvalue weighted by Gasteiger charge is 2.32. The van der Waals surface area contributed by atoms with Crippen molar-refractivity contribution in [3.05, 3.63) is 35.9 Å². The first-order valence-electron chi connectivity index (χ1n) is 8.60. The summed E-state index contributed by atoms with van der Waals surface area (Å²) in [5.41, 5.74) is 12.5. The third-order valence-corrected chi connectivity index (χ3v) is 4.09. The summed E-state index contributed by atoms with van der Waals surface area (Å²) in [6, 6.07) is 7.42. The highest BCUT2D eigenvalue weighted by molar-refractivity contribution is 6.02. The fourth-order valence-electron chi connectivity index (χ4n) is 2.52. The first-order valence-corrected chi connectivity index (χ1v) is 8.60. The molecule has 2 rings (SSSR count). The van der Waals surface area contributed by atoms with Crippen molar-refractivity contribution in [3.63, 3.8) is 0 Å². The van der Waals surface area contributed by atoms with Crippen molar-refractivity contribution in [1.29, 1.82) is 0 Å². The van der Waals surface area contributed by atoms with E-state index in [0.717, 1.165) is 10.5 Å². The van der Waals surface area contributed by atoms with Crippen molar-refractivity contribution in [1.82, 2.24) is 4.90 Å². The van der Waals surface area contributed by atoms with Crippen molar-refractivity contribution >= 4 is 23.8 Å². The predicted molar refractivity (Wildman–Crippen MR) is 93.7 cm³/mol. The summed E-state index contributed by atoms with van der Waals surface area (Å²) in [5.74, 6) is -2.43. The van der Waals surface area contributed by atoms with Gasteiger partial charge in [-0.2, -0.15) is 0 Å². The second-order valence-electron chi connectivity index (χ2n) is 6.22. The van der Waals surface area contributed by atoms with E-state index in [9.17, 15) is 19.2 Å². The number of morpholine rings is 1. The number of nitrogens with two attached hydrogens (primary N) is 2. The summed E-state index contributed by atoms with van der Waals surface area (Å²) in [7, 11) is 0. The average molecular weight is 377 g/mol. The Morgan fingerprint density at radius 3 is 2.48 bits per heavy atom. The van der Waals surface area contributed by atoms with Crippen LogP contribution in [0.4, 0.5) is 0 Å². The zero-order valence-corrected chi connectivity index (χ0v) is 14.8. The van der Waals surface area contributed by atoms with E-state index >= 15 is 0 Å². The Morgan fingerprint density at radius 1 is 1.11 bits per heavy atom. The molecule has 1 aromatic rings. The summed E-state index contributed by atoms with van der Waals surface area (Å²) >= 11 is 0. The van der Waals surface area contributed by atoms with Crippen LogP contribution in [0.2, 0.25) is 0 Å². The maximum absolute atomic E-state index is 12.2. The largest absolute Gasteiger partial charge is 0.460 e. The molecule has 1 fully saturated rings. The van der Waals surface area contributed by atoms with E-state index in [1.54, 1.807) is 0 Å². The molecule has 1 aliphatic heterocycles. The lowest BCUT2D eigenvalue weighted by molar-refractivity contribution is -0.167. The van der Waals surface area contributed by atoms with Crippen LogP contribution in [-0.4, -0.2) is 53.9 Å². The fraction of sp³-hybridized carbons (Fsp3) is 0.444. The molecule has 1 saturated heterocycles. The van der Waals surface area contributed by atoms with Gasteiger partial charge in [0.05, 0.1) is 6.04 Å². The molecule has 1 aliphatic rings. The van der Waals surface area contributed by atoms with Crippen molar-refractivity contribution in [2.75, 3.05) is 13.2 Å². The van der Waals surface area contributed by atoms with Gasteiger partial charge in [0.1, 0.15) is 19.2 Å². The third-order valence-electron chi connectivity index (χ3n) is 4.09. The first kappa shape index (κ1) is 20.5. The van der Waals surface area contributed by atoms with Gasteiger partial charge >= 0.3 is 11.9 Å². The van der Waals surface area contributed by atoms with Gasteiger partial charge in [0.25, 0.3) is 5.91 Å². The third kappa shape index (κ3) is 6.15. The number of ether oxygens (including phenoxy) is 2. The summed E-state index contributed by atoms with van der Waals surface area (Å²) in [6.07, 6.45) is 0.892. The zero-order chi connectivity index (χ0) is 19.8. The van der Waals surface area contributed by atoms with E-state index in [4.69, 9.17) is 16.2 Å². The molecule has 9 nitrogen and oxygen atoms in total. The molecule has 0 aliphatic carbocycles. The summed E-state index contributed by atoms with van der Waals surface area (Å²) in [4.78, 5) is 47.7. The smallest absolute Gasteiger partial charge is 0.326 e. The van der Waals surface area contributed by atoms with Crippen LogP contribution in [0.5, 0.6) is 0 Å². The number of imide groups is 1. The van der Waals surface area contributed by atoms with Crippen molar-refractivity contribution in [3.8, 4) is 0 Å². The van der Waals surface area contributed by atoms with Crippen LogP contribution in [-0.2, 0) is 35.3 Å². The topological polar surface area (TPSA) is 142 Å². The lowest BCUT2D eigenvalue weighted by Crippen LogP contribution is -2.53. The van der Waals surface area contributed by atoms with Gasteiger partial charge in [-0.25, -0.2) is 0 Å². The van der Waals surface area contributed by atoms with Gasteiger partial charge in [-0.05, 0) is 24.8 Å². The first-order chi connectivity index (χ1) is 12.9. The van der Waals surface area contributed by atoms with E-state index in [1.165, 1.54) is 0 Å². The molecule has 1 unspecified atom stereocenters. The number of hydrogen-bond acceptors (Lipinski definition) is 8. The van der Waals surface area contributed by atoms with E-state index in [2.05, 4.69) is 4.74 Å². The van der Waals surface area contributed by atoms with Gasteiger partial charge in [0.15, 0.2) is 6.61 Å². The van der Waals surface area contributed by atoms with Gasteiger partial charge in [-0.1, -0.05) is 30.3 Å². The van der Waals surface area contributed by atoms with E-state index < -0.39 is 49.0 Å². The monoisotopic (exact) mass is 377 g/mol. The Hall–Kier alpha value is -2.78. The SMILES string of the molecule is NC(CCC[C@H](N)C(=O)N1CC(=O)OCC1=O)C(=O)OCc1ccccc1. The van der Waals surface area contributed by atoms with Gasteiger partial charge in [-0.15, -0.1) is 0 Å². The summed E-state index contributed by atoms with van der Waals surface area (Å²) < 4.78 is 9.70.